The number of carbonyl (C=O) groups excluding carboxylic acids is 2. The van der Waals surface area contributed by atoms with Gasteiger partial charge in [-0.2, -0.15) is 0 Å². The van der Waals surface area contributed by atoms with Gasteiger partial charge in [0, 0.05) is 25.3 Å². The van der Waals surface area contributed by atoms with Crippen LogP contribution in [0.3, 0.4) is 0 Å². The van der Waals surface area contributed by atoms with Gasteiger partial charge in [0.05, 0.1) is 12.2 Å². The molecule has 0 radical (unpaired) electrons. The van der Waals surface area contributed by atoms with E-state index in [2.05, 4.69) is 5.32 Å². The van der Waals surface area contributed by atoms with Crippen molar-refractivity contribution in [3.63, 3.8) is 0 Å². The normalized spacial score (nSPS) is 10.5. The highest BCUT2D eigenvalue weighted by molar-refractivity contribution is 6.09. The Hall–Kier alpha value is -3.34. The Balaban J connectivity index is 1.87. The lowest BCUT2D eigenvalue weighted by Crippen LogP contribution is -2.21. The van der Waals surface area contributed by atoms with Crippen molar-refractivity contribution in [2.45, 2.75) is 6.92 Å². The second-order valence-electron chi connectivity index (χ2n) is 6.36. The second kappa shape index (κ2) is 7.91. The van der Waals surface area contributed by atoms with E-state index >= 15 is 0 Å². The van der Waals surface area contributed by atoms with Crippen LogP contribution in [0.1, 0.15) is 27.6 Å². The number of hydrogen-bond acceptors (Lipinski definition) is 3. The highest BCUT2D eigenvalue weighted by atomic mass is 16.5. The van der Waals surface area contributed by atoms with Crippen LogP contribution in [-0.4, -0.2) is 37.4 Å². The van der Waals surface area contributed by atoms with Crippen LogP contribution in [0, 0.1) is 0 Å². The van der Waals surface area contributed by atoms with E-state index in [-0.39, 0.29) is 11.8 Å². The first kappa shape index (κ1) is 18.5. The number of hydrogen-bond donors (Lipinski definition) is 1. The summed E-state index contributed by atoms with van der Waals surface area (Å²) in [5, 5.41) is 4.86. The number of carbonyl (C=O) groups is 2. The molecule has 0 spiro atoms. The van der Waals surface area contributed by atoms with Crippen LogP contribution in [0.2, 0.25) is 0 Å². The molecule has 0 saturated carbocycles. The van der Waals surface area contributed by atoms with Crippen molar-refractivity contribution in [3.05, 3.63) is 71.8 Å². The van der Waals surface area contributed by atoms with E-state index in [1.54, 1.807) is 38.4 Å². The molecule has 1 N–H and O–H groups in total. The monoisotopic (exact) mass is 362 g/mol. The number of amides is 2. The summed E-state index contributed by atoms with van der Waals surface area (Å²) in [6.07, 6.45) is 0. The zero-order valence-electron chi connectivity index (χ0n) is 15.7. The van der Waals surface area contributed by atoms with Gasteiger partial charge in [-0.25, -0.2) is 0 Å². The average molecular weight is 362 g/mol. The molecule has 3 aromatic rings. The van der Waals surface area contributed by atoms with Gasteiger partial charge >= 0.3 is 0 Å². The summed E-state index contributed by atoms with van der Waals surface area (Å²) in [5.74, 6) is 0.213. The second-order valence-corrected chi connectivity index (χ2v) is 6.36. The van der Waals surface area contributed by atoms with E-state index in [4.69, 9.17) is 4.74 Å². The molecule has 0 unspecified atom stereocenters. The molecule has 3 aromatic carbocycles. The lowest BCUT2D eigenvalue weighted by molar-refractivity contribution is 0.0827. The molecule has 5 nitrogen and oxygen atoms in total. The average Bonchev–Trinajstić information content (AvgIpc) is 2.67. The minimum Gasteiger partial charge on any atom is -0.493 e. The Bertz CT molecular complexity index is 979. The van der Waals surface area contributed by atoms with E-state index < -0.39 is 0 Å². The predicted octanol–water partition coefficient (Wildman–Crippen LogP) is 4.19. The van der Waals surface area contributed by atoms with Gasteiger partial charge in [-0.05, 0) is 54.1 Å². The van der Waals surface area contributed by atoms with E-state index in [1.165, 1.54) is 4.90 Å². The van der Waals surface area contributed by atoms with Crippen LogP contribution in [-0.2, 0) is 0 Å². The lowest BCUT2D eigenvalue weighted by Gasteiger charge is -2.13. The van der Waals surface area contributed by atoms with Crippen molar-refractivity contribution in [2.24, 2.45) is 0 Å². The number of nitrogens with one attached hydrogen (secondary N) is 1. The van der Waals surface area contributed by atoms with Crippen molar-refractivity contribution in [2.75, 3.05) is 26.0 Å². The van der Waals surface area contributed by atoms with Gasteiger partial charge in [0.25, 0.3) is 11.8 Å². The summed E-state index contributed by atoms with van der Waals surface area (Å²) in [5.41, 5.74) is 1.66. The summed E-state index contributed by atoms with van der Waals surface area (Å²) in [6, 6.07) is 18.4. The maximum absolute atomic E-state index is 12.8. The van der Waals surface area contributed by atoms with E-state index in [0.29, 0.717) is 29.2 Å². The third-order valence-corrected chi connectivity index (χ3v) is 4.19. The Kier molecular flexibility index (Phi) is 5.41. The van der Waals surface area contributed by atoms with Gasteiger partial charge in [0.2, 0.25) is 0 Å². The standard InChI is InChI=1S/C22H22N2O3/c1-4-27-20-14-17-8-6-5-7-16(17)13-19(20)21(25)23-18-11-9-15(10-12-18)22(26)24(2)3/h5-14H,4H2,1-3H3,(H,23,25). The summed E-state index contributed by atoms with van der Waals surface area (Å²) >= 11 is 0. The van der Waals surface area contributed by atoms with Crippen LogP contribution in [0.4, 0.5) is 5.69 Å². The SMILES string of the molecule is CCOc1cc2ccccc2cc1C(=O)Nc1ccc(C(=O)N(C)C)cc1. The molecule has 0 aliphatic carbocycles. The van der Waals surface area contributed by atoms with Crippen molar-refractivity contribution in [1.82, 2.24) is 4.90 Å². The van der Waals surface area contributed by atoms with Gasteiger partial charge in [-0.15, -0.1) is 0 Å². The summed E-state index contributed by atoms with van der Waals surface area (Å²) in [4.78, 5) is 26.3. The maximum atomic E-state index is 12.8. The first-order chi connectivity index (χ1) is 13.0. The van der Waals surface area contributed by atoms with E-state index in [1.807, 2.05) is 43.3 Å². The van der Waals surface area contributed by atoms with Crippen LogP contribution in [0.25, 0.3) is 10.8 Å². The zero-order valence-corrected chi connectivity index (χ0v) is 15.7. The Morgan fingerprint density at radius 2 is 1.59 bits per heavy atom. The van der Waals surface area contributed by atoms with Gasteiger partial charge in [-0.1, -0.05) is 24.3 Å². The maximum Gasteiger partial charge on any atom is 0.259 e. The summed E-state index contributed by atoms with van der Waals surface area (Å²) < 4.78 is 5.67. The number of rotatable bonds is 5. The van der Waals surface area contributed by atoms with Crippen molar-refractivity contribution in [1.29, 1.82) is 0 Å². The molecule has 3 rings (SSSR count). The number of nitrogens with zero attached hydrogens (tertiary/aromatic N) is 1. The molecule has 0 aliphatic heterocycles. The molecule has 0 heterocycles. The topological polar surface area (TPSA) is 58.6 Å². The quantitative estimate of drug-likeness (QED) is 0.740. The fraction of sp³-hybridized carbons (Fsp3) is 0.182. The highest BCUT2D eigenvalue weighted by Gasteiger charge is 2.15. The first-order valence-corrected chi connectivity index (χ1v) is 8.78. The molecular formula is C22H22N2O3. The van der Waals surface area contributed by atoms with Crippen LogP contribution >= 0.6 is 0 Å². The molecule has 27 heavy (non-hydrogen) atoms. The molecule has 0 fully saturated rings. The van der Waals surface area contributed by atoms with Crippen molar-refractivity contribution in [3.8, 4) is 5.75 Å². The van der Waals surface area contributed by atoms with Gasteiger partial charge in [-0.3, -0.25) is 9.59 Å². The van der Waals surface area contributed by atoms with E-state index in [0.717, 1.165) is 10.8 Å². The Morgan fingerprint density at radius 3 is 2.19 bits per heavy atom. The zero-order chi connectivity index (χ0) is 19.4. The van der Waals surface area contributed by atoms with Crippen LogP contribution in [0.5, 0.6) is 5.75 Å². The van der Waals surface area contributed by atoms with Crippen molar-refractivity contribution < 1.29 is 14.3 Å². The Morgan fingerprint density at radius 1 is 0.963 bits per heavy atom. The molecule has 0 atom stereocenters. The van der Waals surface area contributed by atoms with Gasteiger partial charge in [0.15, 0.2) is 0 Å². The number of ether oxygens (including phenoxy) is 1. The molecular weight excluding hydrogens is 340 g/mol. The number of benzene rings is 3. The summed E-state index contributed by atoms with van der Waals surface area (Å²) in [7, 11) is 3.40. The van der Waals surface area contributed by atoms with Crippen LogP contribution < -0.4 is 10.1 Å². The molecule has 138 valence electrons. The largest absolute Gasteiger partial charge is 0.493 e. The fourth-order valence-corrected chi connectivity index (χ4v) is 2.82. The number of fused-ring (bicyclic) bond motifs is 1. The minimum atomic E-state index is -0.254. The first-order valence-electron chi connectivity index (χ1n) is 8.78. The van der Waals surface area contributed by atoms with Crippen molar-refractivity contribution >= 4 is 28.3 Å². The van der Waals surface area contributed by atoms with E-state index in [9.17, 15) is 9.59 Å². The smallest absolute Gasteiger partial charge is 0.259 e. The van der Waals surface area contributed by atoms with Crippen LogP contribution in [0.15, 0.2) is 60.7 Å². The third-order valence-electron chi connectivity index (χ3n) is 4.19. The third kappa shape index (κ3) is 4.08. The molecule has 0 aromatic heterocycles. The number of anilines is 1. The molecule has 2 amide bonds. The summed E-state index contributed by atoms with van der Waals surface area (Å²) in [6.45, 7) is 2.36. The predicted molar refractivity (Wildman–Crippen MR) is 108 cm³/mol. The lowest BCUT2D eigenvalue weighted by atomic mass is 10.0. The van der Waals surface area contributed by atoms with Gasteiger partial charge in [0.1, 0.15) is 5.75 Å². The molecule has 0 saturated heterocycles. The molecule has 5 heteroatoms. The highest BCUT2D eigenvalue weighted by Crippen LogP contribution is 2.27. The minimum absolute atomic E-state index is 0.0824. The van der Waals surface area contributed by atoms with Gasteiger partial charge < -0.3 is 15.0 Å². The fourth-order valence-electron chi connectivity index (χ4n) is 2.82. The Labute approximate surface area is 158 Å². The molecule has 0 aliphatic rings. The molecule has 0 bridgehead atoms.